The maximum Gasteiger partial charge on any atom is 0.152 e. The molecule has 18 heavy (non-hydrogen) atoms. The van der Waals surface area contributed by atoms with Crippen LogP contribution in [0.25, 0.3) is 0 Å². The average molecular weight is 235 g/mol. The van der Waals surface area contributed by atoms with E-state index in [-0.39, 0.29) is 0 Å². The minimum absolute atomic E-state index is 0.459. The molecule has 0 aliphatic heterocycles. The van der Waals surface area contributed by atoms with Gasteiger partial charge in [-0.3, -0.25) is 4.79 Å². The quantitative estimate of drug-likeness (QED) is 0.469. The second-order valence-electron chi connectivity index (χ2n) is 4.08. The molecule has 0 spiro atoms. The molecule has 88 valence electrons. The molecule has 2 heteroatoms. The molecule has 0 fully saturated rings. The third-order valence-electron chi connectivity index (χ3n) is 2.62. The molecule has 0 saturated carbocycles. The minimum Gasteiger partial charge on any atom is -0.398 e. The Bertz CT molecular complexity index is 630. The van der Waals surface area contributed by atoms with Crippen LogP contribution in [0.4, 0.5) is 5.69 Å². The van der Waals surface area contributed by atoms with Crippen LogP contribution in [0.15, 0.2) is 42.5 Å². The van der Waals surface area contributed by atoms with Gasteiger partial charge in [0.1, 0.15) is 0 Å². The molecule has 2 aromatic carbocycles. The van der Waals surface area contributed by atoms with E-state index >= 15 is 0 Å². The smallest absolute Gasteiger partial charge is 0.152 e. The molecule has 0 saturated heterocycles. The molecule has 0 aliphatic carbocycles. The van der Waals surface area contributed by atoms with E-state index in [0.717, 1.165) is 17.4 Å². The maximum atomic E-state index is 10.6. The van der Waals surface area contributed by atoms with Crippen molar-refractivity contribution < 1.29 is 4.79 Å². The number of hydrogen-bond donors (Lipinski definition) is 1. The number of hydrogen-bond acceptors (Lipinski definition) is 2. The van der Waals surface area contributed by atoms with Gasteiger partial charge in [-0.05, 0) is 37.3 Å². The molecule has 0 radical (unpaired) electrons. The molecule has 2 nitrogen and oxygen atoms in total. The Labute approximate surface area is 106 Å². The number of nitrogens with two attached hydrogens (primary N) is 1. The van der Waals surface area contributed by atoms with Crippen LogP contribution in [0, 0.1) is 18.8 Å². The molecule has 0 aromatic heterocycles. The summed E-state index contributed by atoms with van der Waals surface area (Å²) in [6.07, 6.45) is 0.743. The van der Waals surface area contributed by atoms with Crippen molar-refractivity contribution in [2.24, 2.45) is 0 Å². The van der Waals surface area contributed by atoms with E-state index in [1.807, 2.05) is 31.2 Å². The highest BCUT2D eigenvalue weighted by atomic mass is 16.1. The zero-order valence-corrected chi connectivity index (χ0v) is 10.1. The standard InChI is InChI=1S/C16H13NO/c1-12-2-4-13(5-3-12)6-7-14-8-9-15(11-18)16(17)10-14/h2-5,8-11H,17H2,1H3. The number of aryl methyl sites for hydroxylation is 1. The van der Waals surface area contributed by atoms with E-state index < -0.39 is 0 Å². The van der Waals surface area contributed by atoms with Crippen LogP contribution in [-0.4, -0.2) is 6.29 Å². The Kier molecular flexibility index (Phi) is 3.45. The van der Waals surface area contributed by atoms with Gasteiger partial charge in [-0.15, -0.1) is 0 Å². The SMILES string of the molecule is Cc1ccc(C#Cc2ccc(C=O)c(N)c2)cc1. The van der Waals surface area contributed by atoms with Gasteiger partial charge in [0, 0.05) is 22.4 Å². The summed E-state index contributed by atoms with van der Waals surface area (Å²) < 4.78 is 0. The van der Waals surface area contributed by atoms with Crippen molar-refractivity contribution in [1.29, 1.82) is 0 Å². The Balaban J connectivity index is 2.27. The predicted molar refractivity (Wildman–Crippen MR) is 73.4 cm³/mol. The van der Waals surface area contributed by atoms with Crippen molar-refractivity contribution in [1.82, 2.24) is 0 Å². The van der Waals surface area contributed by atoms with E-state index in [2.05, 4.69) is 11.8 Å². The summed E-state index contributed by atoms with van der Waals surface area (Å²) in [7, 11) is 0. The molecule has 0 heterocycles. The van der Waals surface area contributed by atoms with E-state index in [1.54, 1.807) is 18.2 Å². The number of rotatable bonds is 1. The molecule has 2 rings (SSSR count). The van der Waals surface area contributed by atoms with E-state index in [1.165, 1.54) is 5.56 Å². The topological polar surface area (TPSA) is 43.1 Å². The van der Waals surface area contributed by atoms with Gasteiger partial charge in [-0.25, -0.2) is 0 Å². The van der Waals surface area contributed by atoms with Crippen molar-refractivity contribution in [3.05, 3.63) is 64.7 Å². The highest BCUT2D eigenvalue weighted by Crippen LogP contribution is 2.11. The van der Waals surface area contributed by atoms with Gasteiger partial charge in [0.2, 0.25) is 0 Å². The number of aldehydes is 1. The van der Waals surface area contributed by atoms with Crippen LogP contribution >= 0.6 is 0 Å². The number of carbonyl (C=O) groups is 1. The molecule has 0 amide bonds. The lowest BCUT2D eigenvalue weighted by molar-refractivity contribution is 0.112. The Morgan fingerprint density at radius 2 is 1.61 bits per heavy atom. The van der Waals surface area contributed by atoms with Crippen LogP contribution in [0.5, 0.6) is 0 Å². The second kappa shape index (κ2) is 5.20. The molecule has 0 aliphatic rings. The van der Waals surface area contributed by atoms with E-state index in [9.17, 15) is 4.79 Å². The van der Waals surface area contributed by atoms with E-state index in [0.29, 0.717) is 11.3 Å². The summed E-state index contributed by atoms with van der Waals surface area (Å²) in [6, 6.07) is 13.2. The first-order valence-corrected chi connectivity index (χ1v) is 5.62. The van der Waals surface area contributed by atoms with Gasteiger partial charge in [0.05, 0.1) is 0 Å². The van der Waals surface area contributed by atoms with Gasteiger partial charge >= 0.3 is 0 Å². The normalized spacial score (nSPS) is 9.39. The zero-order valence-electron chi connectivity index (χ0n) is 10.1. The monoisotopic (exact) mass is 235 g/mol. The maximum absolute atomic E-state index is 10.6. The van der Waals surface area contributed by atoms with Crippen LogP contribution in [0.1, 0.15) is 27.0 Å². The molecule has 0 bridgehead atoms. The average Bonchev–Trinajstić information content (AvgIpc) is 2.38. The molecule has 0 atom stereocenters. The lowest BCUT2D eigenvalue weighted by atomic mass is 10.1. The first kappa shape index (κ1) is 11.9. The fourth-order valence-electron chi connectivity index (χ4n) is 1.54. The number of nitrogen functional groups attached to an aromatic ring is 1. The van der Waals surface area contributed by atoms with Crippen LogP contribution in [0.3, 0.4) is 0 Å². The molecular formula is C16H13NO. The summed E-state index contributed by atoms with van der Waals surface area (Å²) >= 11 is 0. The van der Waals surface area contributed by atoms with Gasteiger partial charge in [0.15, 0.2) is 6.29 Å². The third-order valence-corrected chi connectivity index (χ3v) is 2.62. The van der Waals surface area contributed by atoms with Gasteiger partial charge < -0.3 is 5.73 Å². The number of carbonyl (C=O) groups excluding carboxylic acids is 1. The summed E-state index contributed by atoms with van der Waals surface area (Å²) in [6.45, 7) is 2.04. The van der Waals surface area contributed by atoms with Crippen molar-refractivity contribution >= 4 is 12.0 Å². The summed E-state index contributed by atoms with van der Waals surface area (Å²) in [5.41, 5.74) is 9.65. The van der Waals surface area contributed by atoms with Gasteiger partial charge in [-0.2, -0.15) is 0 Å². The molecule has 2 N–H and O–H groups in total. The van der Waals surface area contributed by atoms with Crippen molar-refractivity contribution in [3.63, 3.8) is 0 Å². The summed E-state index contributed by atoms with van der Waals surface area (Å²) in [4.78, 5) is 10.6. The Morgan fingerprint density at radius 3 is 2.22 bits per heavy atom. The first-order chi connectivity index (χ1) is 8.69. The second-order valence-corrected chi connectivity index (χ2v) is 4.08. The fraction of sp³-hybridized carbons (Fsp3) is 0.0625. The van der Waals surface area contributed by atoms with Gasteiger partial charge in [0.25, 0.3) is 0 Å². The fourth-order valence-corrected chi connectivity index (χ4v) is 1.54. The van der Waals surface area contributed by atoms with E-state index in [4.69, 9.17) is 5.73 Å². The zero-order chi connectivity index (χ0) is 13.0. The predicted octanol–water partition coefficient (Wildman–Crippen LogP) is 2.79. The Hall–Kier alpha value is -2.53. The summed E-state index contributed by atoms with van der Waals surface area (Å²) in [5.74, 6) is 6.09. The lowest BCUT2D eigenvalue weighted by Gasteiger charge is -1.98. The highest BCUT2D eigenvalue weighted by Gasteiger charge is 1.97. The largest absolute Gasteiger partial charge is 0.398 e. The molecule has 2 aromatic rings. The number of anilines is 1. The van der Waals surface area contributed by atoms with Crippen molar-refractivity contribution in [2.75, 3.05) is 5.73 Å². The first-order valence-electron chi connectivity index (χ1n) is 5.62. The molecule has 0 unspecified atom stereocenters. The minimum atomic E-state index is 0.459. The highest BCUT2D eigenvalue weighted by molar-refractivity contribution is 5.83. The summed E-state index contributed by atoms with van der Waals surface area (Å²) in [5, 5.41) is 0. The number of benzene rings is 2. The van der Waals surface area contributed by atoms with Crippen LogP contribution < -0.4 is 5.73 Å². The van der Waals surface area contributed by atoms with Crippen LogP contribution in [-0.2, 0) is 0 Å². The molecular weight excluding hydrogens is 222 g/mol. The third kappa shape index (κ3) is 2.78. The van der Waals surface area contributed by atoms with Crippen LogP contribution in [0.2, 0.25) is 0 Å². The van der Waals surface area contributed by atoms with Crippen molar-refractivity contribution in [3.8, 4) is 11.8 Å². The van der Waals surface area contributed by atoms with Gasteiger partial charge in [-0.1, -0.05) is 29.5 Å². The van der Waals surface area contributed by atoms with Crippen molar-refractivity contribution in [2.45, 2.75) is 6.92 Å². The lowest BCUT2D eigenvalue weighted by Crippen LogP contribution is -1.93. The Morgan fingerprint density at radius 1 is 1.00 bits per heavy atom.